The molecule has 1 N–H and O–H groups in total. The van der Waals surface area contributed by atoms with Gasteiger partial charge in [-0.25, -0.2) is 9.97 Å². The van der Waals surface area contributed by atoms with Crippen molar-refractivity contribution in [2.24, 2.45) is 7.05 Å². The van der Waals surface area contributed by atoms with E-state index in [-0.39, 0.29) is 0 Å². The van der Waals surface area contributed by atoms with E-state index in [0.717, 1.165) is 48.9 Å². The van der Waals surface area contributed by atoms with Gasteiger partial charge in [0, 0.05) is 69.0 Å². The molecule has 1 aliphatic carbocycles. The van der Waals surface area contributed by atoms with Crippen LogP contribution in [0.25, 0.3) is 11.3 Å². The van der Waals surface area contributed by atoms with Crippen molar-refractivity contribution < 1.29 is 4.74 Å². The Morgan fingerprint density at radius 1 is 1.31 bits per heavy atom. The molecule has 0 atom stereocenters. The lowest BCUT2D eigenvalue weighted by Crippen LogP contribution is -2.46. The van der Waals surface area contributed by atoms with E-state index in [1.807, 2.05) is 19.3 Å². The molecular formula is C21H27N7O. The van der Waals surface area contributed by atoms with E-state index in [9.17, 15) is 0 Å². The first-order valence-electron chi connectivity index (χ1n) is 10.1. The highest BCUT2D eigenvalue weighted by atomic mass is 16.5. The Morgan fingerprint density at radius 2 is 2.17 bits per heavy atom. The molecule has 1 fully saturated rings. The van der Waals surface area contributed by atoms with Crippen LogP contribution in [0, 0.1) is 6.92 Å². The van der Waals surface area contributed by atoms with Gasteiger partial charge in [0.25, 0.3) is 0 Å². The molecule has 3 aromatic heterocycles. The molecule has 5 rings (SSSR count). The van der Waals surface area contributed by atoms with Crippen LogP contribution in [0.2, 0.25) is 0 Å². The lowest BCUT2D eigenvalue weighted by atomic mass is 10.1. The number of aromatic nitrogens is 5. The van der Waals surface area contributed by atoms with Crippen LogP contribution in [0.4, 0.5) is 11.8 Å². The molecule has 0 amide bonds. The fraction of sp³-hybridized carbons (Fsp3) is 0.476. The van der Waals surface area contributed by atoms with Crippen molar-refractivity contribution in [3.05, 3.63) is 42.0 Å². The monoisotopic (exact) mass is 393 g/mol. The summed E-state index contributed by atoms with van der Waals surface area (Å²) in [5.74, 6) is 1.44. The molecule has 1 spiro atoms. The Labute approximate surface area is 170 Å². The third kappa shape index (κ3) is 3.32. The Balaban J connectivity index is 1.43. The number of fused-ring (bicyclic) bond motifs is 1. The maximum absolute atomic E-state index is 5.33. The second-order valence-corrected chi connectivity index (χ2v) is 8.18. The number of ether oxygens (including phenoxy) is 1. The zero-order chi connectivity index (χ0) is 20.0. The van der Waals surface area contributed by atoms with Crippen molar-refractivity contribution in [3.8, 4) is 11.3 Å². The number of aryl methyl sites for hydroxylation is 2. The molecule has 8 nitrogen and oxygen atoms in total. The molecule has 0 radical (unpaired) electrons. The van der Waals surface area contributed by atoms with Crippen molar-refractivity contribution in [1.29, 1.82) is 0 Å². The third-order valence-electron chi connectivity index (χ3n) is 6.17. The first-order chi connectivity index (χ1) is 14.1. The second kappa shape index (κ2) is 6.96. The van der Waals surface area contributed by atoms with Crippen LogP contribution in [0.3, 0.4) is 0 Å². The molecular weight excluding hydrogens is 366 g/mol. The molecule has 8 heteroatoms. The predicted molar refractivity (Wildman–Crippen MR) is 111 cm³/mol. The average molecular weight is 393 g/mol. The van der Waals surface area contributed by atoms with Gasteiger partial charge in [0.05, 0.1) is 18.5 Å². The fourth-order valence-corrected chi connectivity index (χ4v) is 4.29. The van der Waals surface area contributed by atoms with Gasteiger partial charge in [-0.05, 0) is 31.4 Å². The van der Waals surface area contributed by atoms with Crippen LogP contribution in [0.1, 0.15) is 24.1 Å². The summed E-state index contributed by atoms with van der Waals surface area (Å²) in [5, 5.41) is 7.44. The quantitative estimate of drug-likeness (QED) is 0.694. The summed E-state index contributed by atoms with van der Waals surface area (Å²) in [7, 11) is 3.67. The number of anilines is 2. The van der Waals surface area contributed by atoms with Gasteiger partial charge in [-0.15, -0.1) is 0 Å². The van der Waals surface area contributed by atoms with Crippen LogP contribution in [0.5, 0.6) is 0 Å². The van der Waals surface area contributed by atoms with Crippen molar-refractivity contribution in [3.63, 3.8) is 0 Å². The Morgan fingerprint density at radius 3 is 2.90 bits per heavy atom. The average Bonchev–Trinajstić information content (AvgIpc) is 3.17. The molecule has 152 valence electrons. The van der Waals surface area contributed by atoms with Gasteiger partial charge in [-0.3, -0.25) is 9.58 Å². The summed E-state index contributed by atoms with van der Waals surface area (Å²) in [4.78, 5) is 11.9. The van der Waals surface area contributed by atoms with Crippen molar-refractivity contribution in [2.75, 3.05) is 25.6 Å². The number of hydrogen-bond acceptors (Lipinski definition) is 6. The van der Waals surface area contributed by atoms with E-state index < -0.39 is 0 Å². The van der Waals surface area contributed by atoms with Crippen LogP contribution in [0.15, 0.2) is 30.7 Å². The fourth-order valence-electron chi connectivity index (χ4n) is 4.29. The number of hydrogen-bond donors (Lipinski definition) is 1. The topological polar surface area (TPSA) is 73.0 Å². The summed E-state index contributed by atoms with van der Waals surface area (Å²) in [5.41, 5.74) is 4.86. The van der Waals surface area contributed by atoms with Crippen LogP contribution < -0.4 is 5.32 Å². The van der Waals surface area contributed by atoms with E-state index in [1.54, 1.807) is 18.0 Å². The Hall–Kier alpha value is -2.71. The zero-order valence-electron chi connectivity index (χ0n) is 17.2. The third-order valence-corrected chi connectivity index (χ3v) is 6.17. The molecule has 0 aromatic carbocycles. The number of nitrogens with one attached hydrogen (secondary N) is 1. The van der Waals surface area contributed by atoms with Gasteiger partial charge in [-0.2, -0.15) is 5.10 Å². The van der Waals surface area contributed by atoms with E-state index in [4.69, 9.17) is 9.72 Å². The van der Waals surface area contributed by atoms with E-state index >= 15 is 0 Å². The SMILES string of the molecule is COCCN1Cc2cc(-c3nc(Nc4ccnn4C)ncc3C)cn2CC12CC2. The van der Waals surface area contributed by atoms with Gasteiger partial charge in [-0.1, -0.05) is 0 Å². The molecule has 4 heterocycles. The largest absolute Gasteiger partial charge is 0.383 e. The molecule has 3 aromatic rings. The minimum Gasteiger partial charge on any atom is -0.383 e. The highest BCUT2D eigenvalue weighted by Gasteiger charge is 2.50. The maximum Gasteiger partial charge on any atom is 0.228 e. The van der Waals surface area contributed by atoms with Crippen LogP contribution >= 0.6 is 0 Å². The van der Waals surface area contributed by atoms with Crippen molar-refractivity contribution in [2.45, 2.75) is 38.4 Å². The summed E-state index contributed by atoms with van der Waals surface area (Å²) < 4.78 is 9.52. The summed E-state index contributed by atoms with van der Waals surface area (Å²) in [6.07, 6.45) is 8.43. The van der Waals surface area contributed by atoms with Crippen molar-refractivity contribution in [1.82, 2.24) is 29.2 Å². The van der Waals surface area contributed by atoms with E-state index in [0.29, 0.717) is 11.5 Å². The lowest BCUT2D eigenvalue weighted by Gasteiger charge is -2.37. The van der Waals surface area contributed by atoms with Gasteiger partial charge >= 0.3 is 0 Å². The summed E-state index contributed by atoms with van der Waals surface area (Å²) >= 11 is 0. The minimum absolute atomic E-state index is 0.328. The normalized spacial score (nSPS) is 17.5. The Kier molecular flexibility index (Phi) is 4.40. The maximum atomic E-state index is 5.33. The molecule has 1 saturated carbocycles. The van der Waals surface area contributed by atoms with E-state index in [2.05, 4.69) is 44.1 Å². The van der Waals surface area contributed by atoms with Crippen LogP contribution in [-0.4, -0.2) is 55.0 Å². The second-order valence-electron chi connectivity index (χ2n) is 8.18. The molecule has 0 bridgehead atoms. The molecule has 1 aliphatic heterocycles. The Bertz CT molecular complexity index is 1030. The molecule has 0 unspecified atom stereocenters. The summed E-state index contributed by atoms with van der Waals surface area (Å²) in [6.45, 7) is 5.85. The molecule has 29 heavy (non-hydrogen) atoms. The number of methoxy groups -OCH3 is 1. The predicted octanol–water partition coefficient (Wildman–Crippen LogP) is 2.73. The zero-order valence-corrected chi connectivity index (χ0v) is 17.2. The molecule has 2 aliphatic rings. The van der Waals surface area contributed by atoms with Gasteiger partial charge < -0.3 is 14.6 Å². The van der Waals surface area contributed by atoms with Gasteiger partial charge in [0.2, 0.25) is 5.95 Å². The van der Waals surface area contributed by atoms with E-state index in [1.165, 1.54) is 18.5 Å². The smallest absolute Gasteiger partial charge is 0.228 e. The first kappa shape index (κ1) is 18.3. The van der Waals surface area contributed by atoms with Crippen molar-refractivity contribution >= 4 is 11.8 Å². The first-order valence-corrected chi connectivity index (χ1v) is 10.1. The van der Waals surface area contributed by atoms with Gasteiger partial charge in [0.15, 0.2) is 0 Å². The highest BCUT2D eigenvalue weighted by molar-refractivity contribution is 5.65. The number of nitrogens with zero attached hydrogens (tertiary/aromatic N) is 6. The minimum atomic E-state index is 0.328. The summed E-state index contributed by atoms with van der Waals surface area (Å²) in [6, 6.07) is 4.18. The lowest BCUT2D eigenvalue weighted by molar-refractivity contribution is 0.0774. The number of rotatable bonds is 6. The molecule has 0 saturated heterocycles. The van der Waals surface area contributed by atoms with Gasteiger partial charge in [0.1, 0.15) is 5.82 Å². The standard InChI is InChI=1S/C21H27N7O/c1-15-11-22-20(24-18-4-7-23-26(18)2)25-19(15)16-10-17-13-28(8-9-29-3)21(5-6-21)14-27(17)12-16/h4,7,10-12H,5-6,8-9,13-14H2,1-3H3,(H,22,24,25). The highest BCUT2D eigenvalue weighted by Crippen LogP contribution is 2.47. The van der Waals surface area contributed by atoms with Crippen LogP contribution in [-0.2, 0) is 24.9 Å².